The zero-order chi connectivity index (χ0) is 12.4. The molecule has 0 radical (unpaired) electrons. The van der Waals surface area contributed by atoms with E-state index >= 15 is 0 Å². The maximum absolute atomic E-state index is 10.3. The van der Waals surface area contributed by atoms with E-state index in [1.165, 1.54) is 6.08 Å². The van der Waals surface area contributed by atoms with Gasteiger partial charge in [-0.2, -0.15) is 0 Å². The van der Waals surface area contributed by atoms with Crippen LogP contribution in [-0.4, -0.2) is 34.0 Å². The van der Waals surface area contributed by atoms with E-state index in [1.54, 1.807) is 6.92 Å². The highest BCUT2D eigenvalue weighted by molar-refractivity contribution is 5.79. The summed E-state index contributed by atoms with van der Waals surface area (Å²) in [4.78, 5) is 10.3. The molecule has 0 aromatic heterocycles. The largest absolute Gasteiger partial charge is 0.478 e. The number of hydrogen-bond acceptors (Lipinski definition) is 3. The molecule has 4 nitrogen and oxygen atoms in total. The Morgan fingerprint density at radius 3 is 2.38 bits per heavy atom. The lowest BCUT2D eigenvalue weighted by molar-refractivity contribution is -0.131. The Hall–Kier alpha value is -0.870. The number of unbranched alkanes of at least 4 members (excludes halogenated alkanes) is 2. The van der Waals surface area contributed by atoms with Gasteiger partial charge in [0, 0.05) is 18.6 Å². The summed E-state index contributed by atoms with van der Waals surface area (Å²) in [6.07, 6.45) is 6.88. The summed E-state index contributed by atoms with van der Waals surface area (Å²) >= 11 is 0. The van der Waals surface area contributed by atoms with Crippen LogP contribution in [0, 0.1) is 5.92 Å². The van der Waals surface area contributed by atoms with Crippen LogP contribution in [-0.2, 0) is 4.79 Å². The van der Waals surface area contributed by atoms with Gasteiger partial charge in [0.25, 0.3) is 0 Å². The van der Waals surface area contributed by atoms with Crippen molar-refractivity contribution in [3.8, 4) is 0 Å². The summed E-state index contributed by atoms with van der Waals surface area (Å²) in [5.74, 6) is -1.05. The summed E-state index contributed by atoms with van der Waals surface area (Å²) in [6.45, 7) is 1.76. The van der Waals surface area contributed by atoms with Crippen LogP contribution in [0.3, 0.4) is 0 Å². The molecule has 0 aromatic rings. The van der Waals surface area contributed by atoms with E-state index in [-0.39, 0.29) is 18.6 Å². The first kappa shape index (κ1) is 15.1. The predicted octanol–water partition coefficient (Wildman–Crippen LogP) is 1.57. The van der Waals surface area contributed by atoms with Gasteiger partial charge in [-0.05, 0) is 19.8 Å². The summed E-state index contributed by atoms with van der Waals surface area (Å²) in [6, 6.07) is 0. The Bertz CT molecular complexity index is 211. The molecule has 2 atom stereocenters. The van der Waals surface area contributed by atoms with Crippen molar-refractivity contribution in [2.75, 3.05) is 6.61 Å². The highest BCUT2D eigenvalue weighted by Gasteiger charge is 2.04. The molecule has 0 aliphatic carbocycles. The van der Waals surface area contributed by atoms with Crippen LogP contribution < -0.4 is 0 Å². The SMILES string of the molecule is CC(O)CCCCCC(/C=C/C(=O)O)CO. The van der Waals surface area contributed by atoms with Crippen molar-refractivity contribution < 1.29 is 20.1 Å². The van der Waals surface area contributed by atoms with Gasteiger partial charge in [-0.1, -0.05) is 25.3 Å². The minimum Gasteiger partial charge on any atom is -0.478 e. The fraction of sp³-hybridized carbons (Fsp3) is 0.750. The molecule has 4 heteroatoms. The van der Waals surface area contributed by atoms with Gasteiger partial charge >= 0.3 is 5.97 Å². The van der Waals surface area contributed by atoms with E-state index in [0.29, 0.717) is 0 Å². The highest BCUT2D eigenvalue weighted by atomic mass is 16.4. The van der Waals surface area contributed by atoms with Gasteiger partial charge in [0.05, 0.1) is 6.10 Å². The first-order valence-corrected chi connectivity index (χ1v) is 5.76. The maximum atomic E-state index is 10.3. The summed E-state index contributed by atoms with van der Waals surface area (Å²) in [5.41, 5.74) is 0. The van der Waals surface area contributed by atoms with Crippen LogP contribution in [0.15, 0.2) is 12.2 Å². The molecule has 0 spiro atoms. The molecule has 0 saturated carbocycles. The molecule has 0 aliphatic rings. The van der Waals surface area contributed by atoms with Crippen LogP contribution in [0.5, 0.6) is 0 Å². The molecular weight excluding hydrogens is 208 g/mol. The lowest BCUT2D eigenvalue weighted by Crippen LogP contribution is -2.04. The van der Waals surface area contributed by atoms with E-state index < -0.39 is 5.97 Å². The maximum Gasteiger partial charge on any atom is 0.327 e. The van der Waals surface area contributed by atoms with Crippen LogP contribution >= 0.6 is 0 Å². The summed E-state index contributed by atoms with van der Waals surface area (Å²) in [7, 11) is 0. The second-order valence-electron chi connectivity index (χ2n) is 4.13. The number of hydrogen-bond donors (Lipinski definition) is 3. The van der Waals surface area contributed by atoms with Crippen molar-refractivity contribution in [2.24, 2.45) is 5.92 Å². The van der Waals surface area contributed by atoms with E-state index in [2.05, 4.69) is 0 Å². The number of aliphatic hydroxyl groups excluding tert-OH is 2. The molecule has 94 valence electrons. The third-order valence-corrected chi connectivity index (χ3v) is 2.44. The monoisotopic (exact) mass is 230 g/mol. The van der Waals surface area contributed by atoms with Crippen LogP contribution in [0.1, 0.15) is 39.0 Å². The van der Waals surface area contributed by atoms with E-state index in [4.69, 9.17) is 15.3 Å². The summed E-state index contributed by atoms with van der Waals surface area (Å²) < 4.78 is 0. The number of carbonyl (C=O) groups is 1. The molecule has 3 N–H and O–H groups in total. The molecule has 0 fully saturated rings. The molecule has 2 unspecified atom stereocenters. The number of aliphatic hydroxyl groups is 2. The zero-order valence-electron chi connectivity index (χ0n) is 9.80. The van der Waals surface area contributed by atoms with Gasteiger partial charge in [0.1, 0.15) is 0 Å². The Morgan fingerprint density at radius 1 is 1.25 bits per heavy atom. The van der Waals surface area contributed by atoms with Gasteiger partial charge in [-0.15, -0.1) is 0 Å². The van der Waals surface area contributed by atoms with Crippen molar-refractivity contribution in [1.82, 2.24) is 0 Å². The minimum atomic E-state index is -0.979. The summed E-state index contributed by atoms with van der Waals surface area (Å²) in [5, 5.41) is 26.5. The van der Waals surface area contributed by atoms with Crippen LogP contribution in [0.4, 0.5) is 0 Å². The van der Waals surface area contributed by atoms with E-state index in [0.717, 1.165) is 38.2 Å². The molecule has 16 heavy (non-hydrogen) atoms. The van der Waals surface area contributed by atoms with E-state index in [9.17, 15) is 4.79 Å². The average Bonchev–Trinajstić information content (AvgIpc) is 2.21. The minimum absolute atomic E-state index is 0.0137. The number of carboxylic acids is 1. The van der Waals surface area contributed by atoms with Gasteiger partial charge in [-0.25, -0.2) is 4.79 Å². The Kier molecular flexibility index (Phi) is 8.85. The molecule has 0 rings (SSSR count). The van der Waals surface area contributed by atoms with Crippen molar-refractivity contribution in [1.29, 1.82) is 0 Å². The third kappa shape index (κ3) is 9.68. The first-order chi connectivity index (χ1) is 7.56. The first-order valence-electron chi connectivity index (χ1n) is 5.76. The topological polar surface area (TPSA) is 77.8 Å². The van der Waals surface area contributed by atoms with Crippen molar-refractivity contribution >= 4 is 5.97 Å². The van der Waals surface area contributed by atoms with E-state index in [1.807, 2.05) is 0 Å². The molecule has 0 aromatic carbocycles. The molecule has 0 heterocycles. The zero-order valence-corrected chi connectivity index (χ0v) is 9.80. The standard InChI is InChI=1S/C12H22O4/c1-10(14)5-3-2-4-6-11(9-13)7-8-12(15)16/h7-8,10-11,13-14H,2-6,9H2,1H3,(H,15,16)/b8-7+. The van der Waals surface area contributed by atoms with Gasteiger partial charge < -0.3 is 15.3 Å². The Balaban J connectivity index is 3.59. The number of aliphatic carboxylic acids is 1. The molecule has 0 aliphatic heterocycles. The number of carboxylic acid groups (broad SMARTS) is 1. The van der Waals surface area contributed by atoms with Gasteiger partial charge in [0.2, 0.25) is 0 Å². The fourth-order valence-electron chi connectivity index (χ4n) is 1.49. The normalized spacial score (nSPS) is 15.2. The molecule has 0 saturated heterocycles. The molecule has 0 bridgehead atoms. The van der Waals surface area contributed by atoms with Crippen LogP contribution in [0.2, 0.25) is 0 Å². The third-order valence-electron chi connectivity index (χ3n) is 2.44. The Labute approximate surface area is 96.6 Å². The smallest absolute Gasteiger partial charge is 0.327 e. The quantitative estimate of drug-likeness (QED) is 0.415. The van der Waals surface area contributed by atoms with Gasteiger partial charge in [0.15, 0.2) is 0 Å². The second-order valence-corrected chi connectivity index (χ2v) is 4.13. The fourth-order valence-corrected chi connectivity index (χ4v) is 1.49. The van der Waals surface area contributed by atoms with Crippen LogP contribution in [0.25, 0.3) is 0 Å². The van der Waals surface area contributed by atoms with Crippen molar-refractivity contribution in [3.05, 3.63) is 12.2 Å². The predicted molar refractivity (Wildman–Crippen MR) is 62.1 cm³/mol. The van der Waals surface area contributed by atoms with Crippen molar-refractivity contribution in [2.45, 2.75) is 45.1 Å². The Morgan fingerprint density at radius 2 is 1.88 bits per heavy atom. The van der Waals surface area contributed by atoms with Crippen molar-refractivity contribution in [3.63, 3.8) is 0 Å². The van der Waals surface area contributed by atoms with Gasteiger partial charge in [-0.3, -0.25) is 0 Å². The molecule has 0 amide bonds. The number of rotatable bonds is 9. The second kappa shape index (κ2) is 9.36. The lowest BCUT2D eigenvalue weighted by Gasteiger charge is -2.09. The lowest BCUT2D eigenvalue weighted by atomic mass is 10.0. The average molecular weight is 230 g/mol. The molecular formula is C12H22O4. The highest BCUT2D eigenvalue weighted by Crippen LogP contribution is 2.12.